The van der Waals surface area contributed by atoms with Crippen LogP contribution in [-0.4, -0.2) is 74.1 Å². The number of aliphatic carboxylic acids is 1. The second-order valence-corrected chi connectivity index (χ2v) is 12.1. The molecule has 0 aromatic heterocycles. The summed E-state index contributed by atoms with van der Waals surface area (Å²) in [7, 11) is 0. The number of nitriles is 1. The maximum absolute atomic E-state index is 13.5. The first-order chi connectivity index (χ1) is 19.6. The Morgan fingerprint density at radius 3 is 2.68 bits per heavy atom. The number of benzene rings is 2. The average molecular weight is 575 g/mol. The fourth-order valence-electron chi connectivity index (χ4n) is 6.14. The van der Waals surface area contributed by atoms with E-state index in [4.69, 9.17) is 0 Å². The van der Waals surface area contributed by atoms with Gasteiger partial charge >= 0.3 is 5.97 Å². The first-order valence-corrected chi connectivity index (χ1v) is 14.2. The molecule has 212 valence electrons. The summed E-state index contributed by atoms with van der Waals surface area (Å²) in [4.78, 5) is 53.7. The van der Waals surface area contributed by atoms with Crippen molar-refractivity contribution in [2.75, 3.05) is 11.9 Å². The second kappa shape index (κ2) is 11.5. The van der Waals surface area contributed by atoms with Crippen LogP contribution < -0.4 is 5.32 Å². The molecule has 41 heavy (non-hydrogen) atoms. The van der Waals surface area contributed by atoms with E-state index in [9.17, 15) is 34.7 Å². The highest BCUT2D eigenvalue weighted by molar-refractivity contribution is 8.03. The SMILES string of the molecule is C[C@@H](O)[C@H]1C(=O)N2C(C(=O)O)=C(S[C@H]3C[C@@H](C(=O)Nc4cccc(C=O)c4)N(Cc4cccc(C#N)c4)C3)[C@H](C)[C@H]12. The van der Waals surface area contributed by atoms with E-state index in [1.54, 1.807) is 49.4 Å². The van der Waals surface area contributed by atoms with Gasteiger partial charge in [-0.1, -0.05) is 31.2 Å². The second-order valence-electron chi connectivity index (χ2n) is 10.7. The molecule has 3 aliphatic heterocycles. The van der Waals surface area contributed by atoms with Crippen LogP contribution in [0, 0.1) is 23.2 Å². The summed E-state index contributed by atoms with van der Waals surface area (Å²) in [6.07, 6.45) is 0.241. The van der Waals surface area contributed by atoms with E-state index < -0.39 is 30.1 Å². The molecule has 2 aromatic carbocycles. The van der Waals surface area contributed by atoms with Gasteiger partial charge in [-0.05, 0) is 43.2 Å². The van der Waals surface area contributed by atoms with Crippen molar-refractivity contribution in [3.63, 3.8) is 0 Å². The van der Waals surface area contributed by atoms with E-state index in [-0.39, 0.29) is 28.7 Å². The quantitative estimate of drug-likeness (QED) is 0.303. The number of nitrogens with zero attached hydrogens (tertiary/aromatic N) is 3. The van der Waals surface area contributed by atoms with E-state index in [0.717, 1.165) is 5.56 Å². The highest BCUT2D eigenvalue weighted by Crippen LogP contribution is 2.52. The van der Waals surface area contributed by atoms with Gasteiger partial charge in [0, 0.05) is 40.4 Å². The Balaban J connectivity index is 1.40. The number of amides is 2. The number of fused-ring (bicyclic) bond motifs is 1. The molecular weight excluding hydrogens is 544 g/mol. The van der Waals surface area contributed by atoms with Gasteiger partial charge in [-0.3, -0.25) is 19.3 Å². The number of likely N-dealkylation sites (tertiary alicyclic amines) is 1. The van der Waals surface area contributed by atoms with E-state index >= 15 is 0 Å². The van der Waals surface area contributed by atoms with Crippen LogP contribution in [-0.2, 0) is 20.9 Å². The van der Waals surface area contributed by atoms with Crippen molar-refractivity contribution >= 4 is 41.5 Å². The molecule has 0 saturated carbocycles. The van der Waals surface area contributed by atoms with Gasteiger partial charge in [0.1, 0.15) is 12.0 Å². The van der Waals surface area contributed by atoms with E-state index in [0.29, 0.717) is 47.5 Å². The van der Waals surface area contributed by atoms with Gasteiger partial charge < -0.3 is 20.4 Å². The first kappa shape index (κ1) is 28.5. The number of carboxylic acids is 1. The van der Waals surface area contributed by atoms with Gasteiger partial charge in [0.15, 0.2) is 0 Å². The number of hydrogen-bond acceptors (Lipinski definition) is 8. The molecule has 3 aliphatic rings. The van der Waals surface area contributed by atoms with Crippen LogP contribution in [0.2, 0.25) is 0 Å². The van der Waals surface area contributed by atoms with Crippen molar-refractivity contribution in [1.29, 1.82) is 5.26 Å². The van der Waals surface area contributed by atoms with Crippen LogP contribution in [0.4, 0.5) is 5.69 Å². The Morgan fingerprint density at radius 2 is 2.00 bits per heavy atom. The molecule has 2 amide bonds. The molecule has 2 aromatic rings. The largest absolute Gasteiger partial charge is 0.477 e. The smallest absolute Gasteiger partial charge is 0.353 e. The minimum absolute atomic E-state index is 0.0405. The summed E-state index contributed by atoms with van der Waals surface area (Å²) < 4.78 is 0. The number of rotatable bonds is 9. The van der Waals surface area contributed by atoms with Crippen LogP contribution in [0.3, 0.4) is 0 Å². The summed E-state index contributed by atoms with van der Waals surface area (Å²) in [5, 5.41) is 32.3. The van der Waals surface area contributed by atoms with Crippen molar-refractivity contribution in [2.45, 2.75) is 50.3 Å². The highest BCUT2D eigenvalue weighted by Gasteiger charge is 2.60. The molecule has 10 nitrogen and oxygen atoms in total. The Labute approximate surface area is 241 Å². The van der Waals surface area contributed by atoms with Crippen molar-refractivity contribution in [3.05, 3.63) is 75.8 Å². The number of nitrogens with one attached hydrogen (secondary N) is 1. The summed E-state index contributed by atoms with van der Waals surface area (Å²) in [5.74, 6) is -2.75. The number of hydrogen-bond donors (Lipinski definition) is 3. The third-order valence-corrected chi connectivity index (χ3v) is 9.50. The molecule has 2 fully saturated rings. The summed E-state index contributed by atoms with van der Waals surface area (Å²) in [6, 6.07) is 15.0. The van der Waals surface area contributed by atoms with Crippen molar-refractivity contribution in [2.24, 2.45) is 11.8 Å². The third kappa shape index (κ3) is 5.38. The Bertz CT molecular complexity index is 1480. The highest BCUT2D eigenvalue weighted by atomic mass is 32.2. The van der Waals surface area contributed by atoms with Crippen LogP contribution in [0.1, 0.15) is 41.8 Å². The maximum atomic E-state index is 13.5. The van der Waals surface area contributed by atoms with Crippen molar-refractivity contribution in [3.8, 4) is 6.07 Å². The van der Waals surface area contributed by atoms with Gasteiger partial charge in [0.05, 0.1) is 35.7 Å². The molecule has 5 rings (SSSR count). The van der Waals surface area contributed by atoms with Gasteiger partial charge in [-0.15, -0.1) is 11.8 Å². The van der Waals surface area contributed by atoms with Crippen LogP contribution in [0.15, 0.2) is 59.1 Å². The first-order valence-electron chi connectivity index (χ1n) is 13.4. The van der Waals surface area contributed by atoms with Crippen molar-refractivity contribution < 1.29 is 29.4 Å². The molecule has 2 saturated heterocycles. The number of carbonyl (C=O) groups excluding carboxylic acids is 3. The lowest BCUT2D eigenvalue weighted by Gasteiger charge is -2.46. The molecule has 0 unspecified atom stereocenters. The molecule has 0 aliphatic carbocycles. The molecular formula is C30H30N4O6S. The number of aldehydes is 1. The Morgan fingerprint density at radius 1 is 1.24 bits per heavy atom. The number of carboxylic acid groups (broad SMARTS) is 1. The van der Waals surface area contributed by atoms with Crippen LogP contribution in [0.5, 0.6) is 0 Å². The van der Waals surface area contributed by atoms with E-state index in [1.165, 1.54) is 16.7 Å². The molecule has 0 bridgehead atoms. The van der Waals surface area contributed by atoms with Crippen LogP contribution >= 0.6 is 11.8 Å². The fraction of sp³-hybridized carbons (Fsp3) is 0.367. The minimum Gasteiger partial charge on any atom is -0.477 e. The lowest BCUT2D eigenvalue weighted by molar-refractivity contribution is -0.163. The predicted molar refractivity (Wildman–Crippen MR) is 151 cm³/mol. The molecule has 0 radical (unpaired) electrons. The maximum Gasteiger partial charge on any atom is 0.353 e. The topological polar surface area (TPSA) is 151 Å². The Hall–Kier alpha value is -3.98. The summed E-state index contributed by atoms with van der Waals surface area (Å²) in [6.45, 7) is 4.29. The zero-order valence-electron chi connectivity index (χ0n) is 22.6. The number of β-lactam (4-membered cyclic amide) rings is 1. The molecule has 3 heterocycles. The van der Waals surface area contributed by atoms with Gasteiger partial charge in [0.2, 0.25) is 11.8 Å². The number of anilines is 1. The minimum atomic E-state index is -1.19. The lowest BCUT2D eigenvalue weighted by Crippen LogP contribution is -2.63. The van der Waals surface area contributed by atoms with E-state index in [1.807, 2.05) is 17.9 Å². The third-order valence-electron chi connectivity index (χ3n) is 8.00. The molecule has 0 spiro atoms. The zero-order valence-corrected chi connectivity index (χ0v) is 23.4. The predicted octanol–water partition coefficient (Wildman–Crippen LogP) is 2.84. The number of thioether (sulfide) groups is 1. The standard InChI is InChI=1S/C30H30N4O6S/c1-16-25-24(17(2)36)29(38)34(25)26(30(39)40)27(16)41-22-11-23(28(37)32-21-8-4-7-20(10-21)15-35)33(14-22)13-19-6-3-5-18(9-19)12-31/h3-10,15-17,22-25,36H,11,13-14H2,1-2H3,(H,32,37)(H,39,40)/t16-,17-,22+,23+,24-,25-/m1/s1. The van der Waals surface area contributed by atoms with Gasteiger partial charge in [-0.25, -0.2) is 4.79 Å². The molecule has 11 heteroatoms. The average Bonchev–Trinajstić information content (AvgIpc) is 3.45. The number of carbonyl (C=O) groups is 4. The van der Waals surface area contributed by atoms with Crippen LogP contribution in [0.25, 0.3) is 0 Å². The number of aliphatic hydroxyl groups excluding tert-OH is 1. The molecule has 6 atom stereocenters. The zero-order chi connectivity index (χ0) is 29.4. The number of aliphatic hydroxyl groups is 1. The van der Waals surface area contributed by atoms with Gasteiger partial charge in [0.25, 0.3) is 0 Å². The summed E-state index contributed by atoms with van der Waals surface area (Å²) >= 11 is 1.38. The Kier molecular flexibility index (Phi) is 8.00. The monoisotopic (exact) mass is 574 g/mol. The normalized spacial score (nSPS) is 26.2. The van der Waals surface area contributed by atoms with Crippen molar-refractivity contribution in [1.82, 2.24) is 9.80 Å². The fourth-order valence-corrected chi connectivity index (χ4v) is 7.70. The molecule has 3 N–H and O–H groups in total. The van der Waals surface area contributed by atoms with Gasteiger partial charge in [-0.2, -0.15) is 5.26 Å². The summed E-state index contributed by atoms with van der Waals surface area (Å²) in [5.41, 5.74) is 2.27. The van der Waals surface area contributed by atoms with E-state index in [2.05, 4.69) is 11.4 Å². The lowest BCUT2D eigenvalue weighted by atomic mass is 9.79.